The maximum Gasteiger partial charge on any atom is 0.270 e. The number of carbonyl (C=O) groups excluding carboxylic acids is 1. The number of amides is 1. The molecule has 0 saturated carbocycles. The summed E-state index contributed by atoms with van der Waals surface area (Å²) in [5.41, 5.74) is 2.23. The molecule has 0 saturated heterocycles. The van der Waals surface area contributed by atoms with Crippen LogP contribution in [0.3, 0.4) is 0 Å². The van der Waals surface area contributed by atoms with Crippen molar-refractivity contribution in [3.63, 3.8) is 0 Å². The predicted octanol–water partition coefficient (Wildman–Crippen LogP) is 1.82. The highest BCUT2D eigenvalue weighted by Crippen LogP contribution is 2.15. The van der Waals surface area contributed by atoms with Gasteiger partial charge in [0, 0.05) is 17.0 Å². The molecule has 2 heteroatoms. The Morgan fingerprint density at radius 2 is 1.89 bits per heavy atom. The van der Waals surface area contributed by atoms with E-state index in [9.17, 15) is 4.79 Å². The Hall–Kier alpha value is -2.48. The van der Waals surface area contributed by atoms with Gasteiger partial charge in [0.1, 0.15) is 0 Å². The van der Waals surface area contributed by atoms with E-state index in [0.29, 0.717) is 0 Å². The van der Waals surface area contributed by atoms with Gasteiger partial charge in [-0.25, -0.2) is 4.99 Å². The molecule has 1 amide bonds. The number of fused-ring (bicyclic) bond motifs is 4. The number of rotatable bonds is 0. The zero-order valence-corrected chi connectivity index (χ0v) is 9.55. The van der Waals surface area contributed by atoms with Gasteiger partial charge in [0.15, 0.2) is 0 Å². The molecular formula is C16H9NO. The van der Waals surface area contributed by atoms with Crippen LogP contribution in [0.2, 0.25) is 0 Å². The molecule has 1 heterocycles. The van der Waals surface area contributed by atoms with Crippen LogP contribution in [0.15, 0.2) is 41.4 Å². The van der Waals surface area contributed by atoms with Crippen molar-refractivity contribution in [3.8, 4) is 0 Å². The first kappa shape index (κ1) is 9.54. The first-order valence-electron chi connectivity index (χ1n) is 5.87. The van der Waals surface area contributed by atoms with Crippen LogP contribution in [0.4, 0.5) is 0 Å². The number of hydrogen-bond donors (Lipinski definition) is 0. The average molecular weight is 231 g/mol. The van der Waals surface area contributed by atoms with Crippen molar-refractivity contribution in [3.05, 3.63) is 58.1 Å². The Morgan fingerprint density at radius 1 is 0.944 bits per heavy atom. The summed E-state index contributed by atoms with van der Waals surface area (Å²) in [6.45, 7) is 0. The molecule has 0 fully saturated rings. The summed E-state index contributed by atoms with van der Waals surface area (Å²) in [4.78, 5) is 15.6. The van der Waals surface area contributed by atoms with Crippen LogP contribution < -0.4 is 10.6 Å². The van der Waals surface area contributed by atoms with Crippen LogP contribution in [0.1, 0.15) is 11.1 Å². The molecule has 0 aromatic heterocycles. The lowest BCUT2D eigenvalue weighted by atomic mass is 10.0. The second kappa shape index (κ2) is 3.26. The molecule has 0 radical (unpaired) electrons. The second-order valence-electron chi connectivity index (χ2n) is 4.51. The summed E-state index contributed by atoms with van der Waals surface area (Å²) in [5.74, 6) is -0.183. The Balaban J connectivity index is 2.23. The summed E-state index contributed by atoms with van der Waals surface area (Å²) in [7, 11) is 0. The quantitative estimate of drug-likeness (QED) is 0.680. The molecule has 1 aliphatic heterocycles. The third kappa shape index (κ3) is 1.23. The van der Waals surface area contributed by atoms with Crippen LogP contribution in [-0.4, -0.2) is 5.91 Å². The number of allylic oxidation sites excluding steroid dienone is 1. The van der Waals surface area contributed by atoms with Gasteiger partial charge in [-0.3, -0.25) is 4.79 Å². The van der Waals surface area contributed by atoms with Crippen molar-refractivity contribution < 1.29 is 4.79 Å². The lowest BCUT2D eigenvalue weighted by Gasteiger charge is -2.06. The van der Waals surface area contributed by atoms with Crippen molar-refractivity contribution in [1.29, 1.82) is 0 Å². The highest BCUT2D eigenvalue weighted by atomic mass is 16.1. The van der Waals surface area contributed by atoms with Gasteiger partial charge in [-0.05, 0) is 34.4 Å². The van der Waals surface area contributed by atoms with E-state index in [4.69, 9.17) is 0 Å². The van der Waals surface area contributed by atoms with Crippen LogP contribution in [0.25, 0.3) is 29.0 Å². The van der Waals surface area contributed by atoms with Crippen LogP contribution in [-0.2, 0) is 4.79 Å². The SMILES string of the molecule is O=C1C=Cc2ccc3cc4c(cc3c2=N1)=CC=C4. The van der Waals surface area contributed by atoms with Crippen LogP contribution in [0, 0.1) is 0 Å². The lowest BCUT2D eigenvalue weighted by molar-refractivity contribution is -0.113. The van der Waals surface area contributed by atoms with E-state index in [2.05, 4.69) is 35.3 Å². The number of hydrogen-bond acceptors (Lipinski definition) is 1. The van der Waals surface area contributed by atoms with E-state index in [1.165, 1.54) is 16.9 Å². The molecule has 0 atom stereocenters. The van der Waals surface area contributed by atoms with Gasteiger partial charge < -0.3 is 0 Å². The Kier molecular flexibility index (Phi) is 1.73. The second-order valence-corrected chi connectivity index (χ2v) is 4.51. The van der Waals surface area contributed by atoms with Gasteiger partial charge >= 0.3 is 0 Å². The van der Waals surface area contributed by atoms with E-state index in [-0.39, 0.29) is 5.91 Å². The van der Waals surface area contributed by atoms with Gasteiger partial charge in [-0.1, -0.05) is 30.4 Å². The van der Waals surface area contributed by atoms with Gasteiger partial charge in [0.2, 0.25) is 0 Å². The zero-order valence-electron chi connectivity index (χ0n) is 9.55. The predicted molar refractivity (Wildman–Crippen MR) is 72.3 cm³/mol. The monoisotopic (exact) mass is 231 g/mol. The molecule has 18 heavy (non-hydrogen) atoms. The highest BCUT2D eigenvalue weighted by Gasteiger charge is 2.08. The maximum atomic E-state index is 11.4. The van der Waals surface area contributed by atoms with Gasteiger partial charge in [-0.2, -0.15) is 0 Å². The number of nitrogens with zero attached hydrogens (tertiary/aromatic N) is 1. The molecule has 0 bridgehead atoms. The average Bonchev–Trinajstić information content (AvgIpc) is 2.83. The molecule has 1 aliphatic carbocycles. The van der Waals surface area contributed by atoms with Gasteiger partial charge in [-0.15, -0.1) is 0 Å². The van der Waals surface area contributed by atoms with Crippen LogP contribution >= 0.6 is 0 Å². The fraction of sp³-hybridized carbons (Fsp3) is 0. The topological polar surface area (TPSA) is 29.4 Å². The highest BCUT2D eigenvalue weighted by molar-refractivity contribution is 5.97. The fourth-order valence-electron chi connectivity index (χ4n) is 2.52. The van der Waals surface area contributed by atoms with Gasteiger partial charge in [0.25, 0.3) is 5.91 Å². The third-order valence-electron chi connectivity index (χ3n) is 3.41. The minimum atomic E-state index is -0.183. The first-order chi connectivity index (χ1) is 8.81. The number of carbonyl (C=O) groups is 1. The molecule has 0 N–H and O–H groups in total. The molecule has 2 aromatic rings. The van der Waals surface area contributed by atoms with Crippen molar-refractivity contribution in [1.82, 2.24) is 0 Å². The summed E-state index contributed by atoms with van der Waals surface area (Å²) < 4.78 is 0. The minimum Gasteiger partial charge on any atom is -0.267 e. The van der Waals surface area contributed by atoms with E-state index < -0.39 is 0 Å². The Labute approximate surface area is 103 Å². The van der Waals surface area contributed by atoms with E-state index in [0.717, 1.165) is 21.7 Å². The smallest absolute Gasteiger partial charge is 0.267 e. The molecular weight excluding hydrogens is 222 g/mol. The van der Waals surface area contributed by atoms with Crippen molar-refractivity contribution >= 4 is 34.9 Å². The molecule has 2 aliphatic rings. The maximum absolute atomic E-state index is 11.4. The van der Waals surface area contributed by atoms with E-state index in [1.807, 2.05) is 18.2 Å². The summed E-state index contributed by atoms with van der Waals surface area (Å²) in [6, 6.07) is 8.35. The van der Waals surface area contributed by atoms with Crippen molar-refractivity contribution in [2.45, 2.75) is 0 Å². The molecule has 0 unspecified atom stereocenters. The minimum absolute atomic E-state index is 0.183. The third-order valence-corrected chi connectivity index (χ3v) is 3.41. The van der Waals surface area contributed by atoms with Gasteiger partial charge in [0.05, 0.1) is 5.36 Å². The molecule has 2 aromatic carbocycles. The largest absolute Gasteiger partial charge is 0.270 e. The Bertz CT molecular complexity index is 885. The molecule has 2 nitrogen and oxygen atoms in total. The fourth-order valence-corrected chi connectivity index (χ4v) is 2.52. The lowest BCUT2D eigenvalue weighted by Crippen LogP contribution is -2.16. The van der Waals surface area contributed by atoms with E-state index in [1.54, 1.807) is 0 Å². The standard InChI is InChI=1S/C16H9NO/c18-15-7-6-10-4-5-13-8-11-2-1-3-12(11)9-14(13)16(10)17-15/h1-9H. The zero-order chi connectivity index (χ0) is 12.1. The normalized spacial score (nSPS) is 15.2. The summed E-state index contributed by atoms with van der Waals surface area (Å²) in [5, 5.41) is 4.15. The summed E-state index contributed by atoms with van der Waals surface area (Å²) in [6.07, 6.45) is 9.55. The van der Waals surface area contributed by atoms with Crippen molar-refractivity contribution in [2.24, 2.45) is 4.99 Å². The first-order valence-corrected chi connectivity index (χ1v) is 5.87. The number of benzene rings is 2. The Morgan fingerprint density at radius 3 is 2.83 bits per heavy atom. The van der Waals surface area contributed by atoms with Crippen LogP contribution in [0.5, 0.6) is 0 Å². The molecule has 0 spiro atoms. The summed E-state index contributed by atoms with van der Waals surface area (Å²) >= 11 is 0. The van der Waals surface area contributed by atoms with E-state index >= 15 is 0 Å². The molecule has 4 rings (SSSR count). The van der Waals surface area contributed by atoms with Crippen molar-refractivity contribution in [2.75, 3.05) is 0 Å². The molecule has 84 valence electrons.